The number of benzene rings is 1. The van der Waals surface area contributed by atoms with Gasteiger partial charge in [0.15, 0.2) is 0 Å². The molecular formula is C14H15BrN2O. The molecule has 4 heteroatoms. The van der Waals surface area contributed by atoms with Crippen LogP contribution < -0.4 is 10.5 Å². The Balaban J connectivity index is 2.44. The minimum Gasteiger partial charge on any atom is -0.496 e. The monoisotopic (exact) mass is 306 g/mol. The number of ether oxygens (including phenoxy) is 1. The van der Waals surface area contributed by atoms with E-state index in [4.69, 9.17) is 10.5 Å². The van der Waals surface area contributed by atoms with Gasteiger partial charge >= 0.3 is 0 Å². The molecule has 0 radical (unpaired) electrons. The summed E-state index contributed by atoms with van der Waals surface area (Å²) in [6.07, 6.45) is 3.51. The van der Waals surface area contributed by atoms with Crippen LogP contribution in [0.15, 0.2) is 41.1 Å². The molecule has 0 aliphatic heterocycles. The number of hydrogen-bond acceptors (Lipinski definition) is 3. The number of nitrogens with two attached hydrogens (primary N) is 1. The molecule has 2 aromatic rings. The average Bonchev–Trinajstić information content (AvgIpc) is 2.38. The van der Waals surface area contributed by atoms with Crippen LogP contribution in [-0.4, -0.2) is 12.1 Å². The lowest BCUT2D eigenvalue weighted by molar-refractivity contribution is 0.407. The first-order chi connectivity index (χ1) is 8.61. The molecule has 1 unspecified atom stereocenters. The Morgan fingerprint density at radius 1 is 1.28 bits per heavy atom. The van der Waals surface area contributed by atoms with E-state index in [1.54, 1.807) is 19.5 Å². The molecule has 1 atom stereocenters. The van der Waals surface area contributed by atoms with Gasteiger partial charge in [-0.1, -0.05) is 17.7 Å². The van der Waals surface area contributed by atoms with Crippen molar-refractivity contribution in [1.82, 2.24) is 4.98 Å². The van der Waals surface area contributed by atoms with E-state index in [9.17, 15) is 0 Å². The van der Waals surface area contributed by atoms with Crippen LogP contribution in [0.4, 0.5) is 0 Å². The molecule has 3 nitrogen and oxygen atoms in total. The number of pyridine rings is 1. The van der Waals surface area contributed by atoms with Crippen molar-refractivity contribution in [2.24, 2.45) is 5.73 Å². The van der Waals surface area contributed by atoms with Gasteiger partial charge in [0, 0.05) is 22.4 Å². The number of hydrogen-bond donors (Lipinski definition) is 1. The summed E-state index contributed by atoms with van der Waals surface area (Å²) in [4.78, 5) is 4.14. The van der Waals surface area contributed by atoms with Gasteiger partial charge in [-0.2, -0.15) is 0 Å². The summed E-state index contributed by atoms with van der Waals surface area (Å²) in [6, 6.07) is 7.72. The maximum Gasteiger partial charge on any atom is 0.123 e. The molecule has 1 aromatic carbocycles. The zero-order valence-electron chi connectivity index (χ0n) is 10.4. The van der Waals surface area contributed by atoms with Gasteiger partial charge in [0.05, 0.1) is 13.2 Å². The lowest BCUT2D eigenvalue weighted by atomic mass is 9.98. The lowest BCUT2D eigenvalue weighted by Gasteiger charge is -2.16. The molecule has 0 fully saturated rings. The molecule has 2 rings (SSSR count). The second-order valence-corrected chi connectivity index (χ2v) is 5.08. The van der Waals surface area contributed by atoms with Gasteiger partial charge < -0.3 is 10.5 Å². The van der Waals surface area contributed by atoms with Crippen molar-refractivity contribution in [1.29, 1.82) is 0 Å². The molecule has 0 aliphatic rings. The van der Waals surface area contributed by atoms with Crippen LogP contribution in [0.5, 0.6) is 5.75 Å². The molecule has 0 bridgehead atoms. The molecule has 18 heavy (non-hydrogen) atoms. The van der Waals surface area contributed by atoms with Crippen molar-refractivity contribution in [2.45, 2.75) is 13.0 Å². The number of nitrogens with zero attached hydrogens (tertiary/aromatic N) is 1. The fraction of sp³-hybridized carbons (Fsp3) is 0.214. The van der Waals surface area contributed by atoms with E-state index in [0.29, 0.717) is 0 Å². The first-order valence-corrected chi connectivity index (χ1v) is 6.41. The maximum absolute atomic E-state index is 6.29. The minimum absolute atomic E-state index is 0.246. The van der Waals surface area contributed by atoms with Crippen LogP contribution in [0.2, 0.25) is 0 Å². The van der Waals surface area contributed by atoms with Crippen molar-refractivity contribution in [3.8, 4) is 5.75 Å². The smallest absolute Gasteiger partial charge is 0.123 e. The first-order valence-electron chi connectivity index (χ1n) is 5.62. The predicted octanol–water partition coefficient (Wildman–Crippen LogP) is 3.21. The maximum atomic E-state index is 6.29. The van der Waals surface area contributed by atoms with E-state index in [0.717, 1.165) is 26.9 Å². The van der Waals surface area contributed by atoms with Crippen LogP contribution in [0.1, 0.15) is 22.7 Å². The Labute approximate surface area is 115 Å². The SMILES string of the molecule is COc1ccc(C)cc1C(N)c1cncc(Br)c1. The van der Waals surface area contributed by atoms with Gasteiger partial charge in [-0.3, -0.25) is 4.98 Å². The van der Waals surface area contributed by atoms with Gasteiger partial charge in [0.2, 0.25) is 0 Å². The normalized spacial score (nSPS) is 12.2. The number of rotatable bonds is 3. The fourth-order valence-electron chi connectivity index (χ4n) is 1.87. The van der Waals surface area contributed by atoms with E-state index in [2.05, 4.69) is 20.9 Å². The first kappa shape index (κ1) is 13.1. The second-order valence-electron chi connectivity index (χ2n) is 4.16. The predicted molar refractivity (Wildman–Crippen MR) is 75.7 cm³/mol. The topological polar surface area (TPSA) is 48.1 Å². The van der Waals surface area contributed by atoms with Crippen molar-refractivity contribution >= 4 is 15.9 Å². The van der Waals surface area contributed by atoms with Crippen LogP contribution in [-0.2, 0) is 0 Å². The van der Waals surface area contributed by atoms with Crippen LogP contribution in [0.25, 0.3) is 0 Å². The summed E-state index contributed by atoms with van der Waals surface area (Å²) in [7, 11) is 1.65. The van der Waals surface area contributed by atoms with E-state index >= 15 is 0 Å². The highest BCUT2D eigenvalue weighted by atomic mass is 79.9. The summed E-state index contributed by atoms with van der Waals surface area (Å²) in [6.45, 7) is 2.04. The van der Waals surface area contributed by atoms with Gasteiger partial charge in [-0.15, -0.1) is 0 Å². The van der Waals surface area contributed by atoms with Gasteiger partial charge in [0.25, 0.3) is 0 Å². The highest BCUT2D eigenvalue weighted by Gasteiger charge is 2.14. The highest BCUT2D eigenvalue weighted by Crippen LogP contribution is 2.29. The molecule has 94 valence electrons. The number of aryl methyl sites for hydroxylation is 1. The van der Waals surface area contributed by atoms with Gasteiger partial charge in [-0.25, -0.2) is 0 Å². The van der Waals surface area contributed by atoms with E-state index in [-0.39, 0.29) is 6.04 Å². The lowest BCUT2D eigenvalue weighted by Crippen LogP contribution is -2.13. The Kier molecular flexibility index (Phi) is 3.99. The zero-order chi connectivity index (χ0) is 13.1. The minimum atomic E-state index is -0.246. The van der Waals surface area contributed by atoms with Crippen LogP contribution in [0, 0.1) is 6.92 Å². The van der Waals surface area contributed by atoms with Crippen molar-refractivity contribution in [2.75, 3.05) is 7.11 Å². The van der Waals surface area contributed by atoms with Crippen LogP contribution in [0.3, 0.4) is 0 Å². The Morgan fingerprint density at radius 3 is 2.72 bits per heavy atom. The molecule has 0 saturated heterocycles. The molecule has 2 N–H and O–H groups in total. The summed E-state index contributed by atoms with van der Waals surface area (Å²) in [5.74, 6) is 0.799. The zero-order valence-corrected chi connectivity index (χ0v) is 11.9. The molecule has 0 saturated carbocycles. The molecular weight excluding hydrogens is 292 g/mol. The molecule has 0 amide bonds. The van der Waals surface area contributed by atoms with Gasteiger partial charge in [0.1, 0.15) is 5.75 Å². The number of methoxy groups -OCH3 is 1. The van der Waals surface area contributed by atoms with Gasteiger partial charge in [-0.05, 0) is 40.5 Å². The Bertz CT molecular complexity index is 557. The molecule has 0 spiro atoms. The van der Waals surface area contributed by atoms with Crippen molar-refractivity contribution in [3.05, 3.63) is 57.8 Å². The highest BCUT2D eigenvalue weighted by molar-refractivity contribution is 9.10. The Hall–Kier alpha value is -1.39. The largest absolute Gasteiger partial charge is 0.496 e. The third-order valence-corrected chi connectivity index (χ3v) is 3.24. The fourth-order valence-corrected chi connectivity index (χ4v) is 2.26. The summed E-state index contributed by atoms with van der Waals surface area (Å²) in [5.41, 5.74) is 9.37. The van der Waals surface area contributed by atoms with Crippen molar-refractivity contribution < 1.29 is 4.74 Å². The molecule has 0 aliphatic carbocycles. The standard InChI is InChI=1S/C14H15BrN2O/c1-9-3-4-13(18-2)12(5-9)14(16)10-6-11(15)8-17-7-10/h3-8,14H,16H2,1-2H3. The van der Waals surface area contributed by atoms with Crippen LogP contribution >= 0.6 is 15.9 Å². The van der Waals surface area contributed by atoms with E-state index in [1.807, 2.05) is 31.2 Å². The number of halogens is 1. The summed E-state index contributed by atoms with van der Waals surface area (Å²) in [5, 5.41) is 0. The van der Waals surface area contributed by atoms with Crippen molar-refractivity contribution in [3.63, 3.8) is 0 Å². The van der Waals surface area contributed by atoms with E-state index < -0.39 is 0 Å². The Morgan fingerprint density at radius 2 is 2.06 bits per heavy atom. The average molecular weight is 307 g/mol. The third-order valence-electron chi connectivity index (χ3n) is 2.81. The number of aromatic nitrogens is 1. The quantitative estimate of drug-likeness (QED) is 0.947. The molecule has 1 heterocycles. The third kappa shape index (κ3) is 2.71. The van der Waals surface area contributed by atoms with E-state index in [1.165, 1.54) is 0 Å². The molecule has 1 aromatic heterocycles. The second kappa shape index (κ2) is 5.50. The summed E-state index contributed by atoms with van der Waals surface area (Å²) >= 11 is 3.40. The summed E-state index contributed by atoms with van der Waals surface area (Å²) < 4.78 is 6.28.